The van der Waals surface area contributed by atoms with Gasteiger partial charge in [0.15, 0.2) is 0 Å². The molecule has 1 atom stereocenters. The smallest absolute Gasteiger partial charge is 0.270 e. The van der Waals surface area contributed by atoms with Crippen molar-refractivity contribution in [1.82, 2.24) is 9.88 Å². The summed E-state index contributed by atoms with van der Waals surface area (Å²) < 4.78 is 5.52. The summed E-state index contributed by atoms with van der Waals surface area (Å²) in [7, 11) is 0. The van der Waals surface area contributed by atoms with Crippen molar-refractivity contribution < 1.29 is 9.53 Å². The molecule has 0 saturated carbocycles. The molecule has 0 spiro atoms. The zero-order valence-electron chi connectivity index (χ0n) is 11.2. The number of aromatic amines is 1. The predicted octanol–water partition coefficient (Wildman–Crippen LogP) is 1.26. The molecule has 1 N–H and O–H groups in total. The Morgan fingerprint density at radius 2 is 2.37 bits per heavy atom. The Hall–Kier alpha value is -1.62. The zero-order chi connectivity index (χ0) is 13.7. The van der Waals surface area contributed by atoms with Gasteiger partial charge in [0, 0.05) is 31.7 Å². The summed E-state index contributed by atoms with van der Waals surface area (Å²) in [5.41, 5.74) is 0.121. The van der Waals surface area contributed by atoms with Crippen LogP contribution in [0.25, 0.3) is 0 Å². The Kier molecular flexibility index (Phi) is 4.74. The van der Waals surface area contributed by atoms with Gasteiger partial charge in [0.05, 0.1) is 6.61 Å². The van der Waals surface area contributed by atoms with Gasteiger partial charge < -0.3 is 14.6 Å². The normalized spacial score (nSPS) is 18.8. The number of H-pyrrole nitrogens is 1. The summed E-state index contributed by atoms with van der Waals surface area (Å²) >= 11 is 0. The van der Waals surface area contributed by atoms with E-state index >= 15 is 0 Å². The van der Waals surface area contributed by atoms with Crippen LogP contribution >= 0.6 is 0 Å². The van der Waals surface area contributed by atoms with E-state index in [-0.39, 0.29) is 11.5 Å². The molecule has 1 aromatic heterocycles. The molecule has 0 unspecified atom stereocenters. The number of hydrogen-bond acceptors (Lipinski definition) is 3. The fraction of sp³-hybridized carbons (Fsp3) is 0.571. The number of rotatable bonds is 5. The average molecular weight is 264 g/mol. The quantitative estimate of drug-likeness (QED) is 0.814. The van der Waals surface area contributed by atoms with Crippen molar-refractivity contribution in [3.05, 3.63) is 34.2 Å². The lowest BCUT2D eigenvalue weighted by Gasteiger charge is -2.16. The van der Waals surface area contributed by atoms with Crippen LogP contribution in [0.1, 0.15) is 30.3 Å². The molecule has 5 nitrogen and oxygen atoms in total. The van der Waals surface area contributed by atoms with Gasteiger partial charge in [-0.15, -0.1) is 0 Å². The highest BCUT2D eigenvalue weighted by molar-refractivity contribution is 5.92. The molecule has 0 bridgehead atoms. The van der Waals surface area contributed by atoms with Crippen LogP contribution in [0.2, 0.25) is 0 Å². The Balaban J connectivity index is 1.90. The van der Waals surface area contributed by atoms with Crippen molar-refractivity contribution in [3.8, 4) is 0 Å². The van der Waals surface area contributed by atoms with Crippen molar-refractivity contribution in [2.45, 2.75) is 19.8 Å². The Morgan fingerprint density at radius 3 is 3.11 bits per heavy atom. The van der Waals surface area contributed by atoms with Crippen molar-refractivity contribution >= 4 is 5.91 Å². The summed E-state index contributed by atoms with van der Waals surface area (Å²) in [4.78, 5) is 27.7. The number of nitrogens with zero attached hydrogens (tertiary/aromatic N) is 1. The second-order valence-electron chi connectivity index (χ2n) is 4.91. The van der Waals surface area contributed by atoms with Gasteiger partial charge in [-0.2, -0.15) is 0 Å². The molecule has 19 heavy (non-hydrogen) atoms. The minimum atomic E-state index is -0.243. The summed E-state index contributed by atoms with van der Waals surface area (Å²) in [6.07, 6.45) is 1.98. The number of carbonyl (C=O) groups is 1. The predicted molar refractivity (Wildman–Crippen MR) is 72.2 cm³/mol. The minimum Gasteiger partial charge on any atom is -0.381 e. The largest absolute Gasteiger partial charge is 0.381 e. The van der Waals surface area contributed by atoms with Crippen LogP contribution in [0.4, 0.5) is 0 Å². The Morgan fingerprint density at radius 1 is 1.53 bits per heavy atom. The molecule has 1 fully saturated rings. The first-order valence-corrected chi connectivity index (χ1v) is 6.77. The van der Waals surface area contributed by atoms with Crippen molar-refractivity contribution in [2.75, 3.05) is 26.3 Å². The first-order valence-electron chi connectivity index (χ1n) is 6.77. The van der Waals surface area contributed by atoms with Gasteiger partial charge in [0.2, 0.25) is 5.56 Å². The molecule has 1 aliphatic rings. The Bertz CT molecular complexity index is 484. The lowest BCUT2D eigenvalue weighted by atomic mass is 10.1. The van der Waals surface area contributed by atoms with Crippen molar-refractivity contribution in [1.29, 1.82) is 0 Å². The molecule has 1 amide bonds. The first-order chi connectivity index (χ1) is 9.20. The number of aromatic nitrogens is 1. The number of nitrogens with one attached hydrogen (secondary N) is 1. The molecule has 2 rings (SSSR count). The van der Waals surface area contributed by atoms with E-state index in [1.807, 2.05) is 0 Å². The van der Waals surface area contributed by atoms with E-state index in [0.29, 0.717) is 24.8 Å². The molecule has 5 heteroatoms. The number of pyridine rings is 1. The standard InChI is InChI=1S/C14H20N2O3/c1-2-8-19-10-11-6-7-16(9-11)14(18)12-4-3-5-13(17)15-12/h3-5,11H,2,6-10H2,1H3,(H,15,17)/t11-/m0/s1. The average Bonchev–Trinajstić information content (AvgIpc) is 2.87. The van der Waals surface area contributed by atoms with Gasteiger partial charge in [-0.05, 0) is 18.9 Å². The molecule has 1 saturated heterocycles. The molecule has 0 aliphatic carbocycles. The molecule has 104 valence electrons. The fourth-order valence-electron chi connectivity index (χ4n) is 2.29. The number of amides is 1. The van der Waals surface area contributed by atoms with E-state index in [9.17, 15) is 9.59 Å². The monoisotopic (exact) mass is 264 g/mol. The summed E-state index contributed by atoms with van der Waals surface area (Å²) in [6, 6.07) is 4.65. The van der Waals surface area contributed by atoms with Crippen LogP contribution < -0.4 is 5.56 Å². The summed E-state index contributed by atoms with van der Waals surface area (Å²) in [6.45, 7) is 5.00. The lowest BCUT2D eigenvalue weighted by Crippen LogP contribution is -2.31. The number of carbonyl (C=O) groups excluding carboxylic acids is 1. The maximum absolute atomic E-state index is 12.2. The number of hydrogen-bond donors (Lipinski definition) is 1. The van der Waals surface area contributed by atoms with Gasteiger partial charge in [0.1, 0.15) is 5.69 Å². The van der Waals surface area contributed by atoms with E-state index in [2.05, 4.69) is 11.9 Å². The highest BCUT2D eigenvalue weighted by atomic mass is 16.5. The summed E-state index contributed by atoms with van der Waals surface area (Å²) in [5, 5.41) is 0. The maximum Gasteiger partial charge on any atom is 0.270 e. The Labute approximate surface area is 112 Å². The van der Waals surface area contributed by atoms with E-state index in [0.717, 1.165) is 26.0 Å². The van der Waals surface area contributed by atoms with E-state index in [4.69, 9.17) is 4.74 Å². The van der Waals surface area contributed by atoms with Crippen LogP contribution in [-0.2, 0) is 4.74 Å². The number of likely N-dealkylation sites (tertiary alicyclic amines) is 1. The van der Waals surface area contributed by atoms with Crippen LogP contribution in [-0.4, -0.2) is 42.1 Å². The SMILES string of the molecule is CCCOC[C@H]1CCN(C(=O)c2cccc(=O)[nH]2)C1. The van der Waals surface area contributed by atoms with Crippen LogP contribution in [0.15, 0.2) is 23.0 Å². The van der Waals surface area contributed by atoms with Crippen molar-refractivity contribution in [3.63, 3.8) is 0 Å². The third-order valence-corrected chi connectivity index (χ3v) is 3.27. The lowest BCUT2D eigenvalue weighted by molar-refractivity contribution is 0.0749. The van der Waals surface area contributed by atoms with E-state index < -0.39 is 0 Å². The van der Waals surface area contributed by atoms with Gasteiger partial charge in [-0.3, -0.25) is 9.59 Å². The third kappa shape index (κ3) is 3.67. The molecular weight excluding hydrogens is 244 g/mol. The molecule has 2 heterocycles. The van der Waals surface area contributed by atoms with Crippen LogP contribution in [0.3, 0.4) is 0 Å². The molecule has 0 aromatic carbocycles. The maximum atomic E-state index is 12.2. The molecular formula is C14H20N2O3. The molecule has 1 aromatic rings. The molecule has 0 radical (unpaired) electrons. The first kappa shape index (κ1) is 13.8. The van der Waals surface area contributed by atoms with Gasteiger partial charge in [0.25, 0.3) is 5.91 Å². The topological polar surface area (TPSA) is 62.4 Å². The summed E-state index contributed by atoms with van der Waals surface area (Å²) in [5.74, 6) is 0.307. The third-order valence-electron chi connectivity index (χ3n) is 3.27. The van der Waals surface area contributed by atoms with Gasteiger partial charge in [-0.1, -0.05) is 13.0 Å². The second kappa shape index (κ2) is 6.52. The van der Waals surface area contributed by atoms with Crippen LogP contribution in [0, 0.1) is 5.92 Å². The zero-order valence-corrected chi connectivity index (χ0v) is 11.2. The fourth-order valence-corrected chi connectivity index (χ4v) is 2.29. The minimum absolute atomic E-state index is 0.101. The van der Waals surface area contributed by atoms with E-state index in [1.54, 1.807) is 17.0 Å². The van der Waals surface area contributed by atoms with Crippen LogP contribution in [0.5, 0.6) is 0 Å². The van der Waals surface area contributed by atoms with E-state index in [1.165, 1.54) is 6.07 Å². The van der Waals surface area contributed by atoms with Crippen molar-refractivity contribution in [2.24, 2.45) is 5.92 Å². The molecule has 1 aliphatic heterocycles. The second-order valence-corrected chi connectivity index (χ2v) is 4.91. The van der Waals surface area contributed by atoms with Gasteiger partial charge >= 0.3 is 0 Å². The highest BCUT2D eigenvalue weighted by Crippen LogP contribution is 2.18. The van der Waals surface area contributed by atoms with Gasteiger partial charge in [-0.25, -0.2) is 0 Å². The highest BCUT2D eigenvalue weighted by Gasteiger charge is 2.27. The number of ether oxygens (including phenoxy) is 1.